The third kappa shape index (κ3) is 4.11. The van der Waals surface area contributed by atoms with Crippen molar-refractivity contribution in [2.75, 3.05) is 0 Å². The number of hydrogen-bond acceptors (Lipinski definition) is 2. The minimum absolute atomic E-state index is 0.228. The average Bonchev–Trinajstić information content (AvgIpc) is 2.39. The molecule has 0 aliphatic carbocycles. The molecule has 0 fully saturated rings. The van der Waals surface area contributed by atoms with Gasteiger partial charge in [0.05, 0.1) is 0 Å². The van der Waals surface area contributed by atoms with Crippen molar-refractivity contribution in [3.8, 4) is 5.75 Å². The van der Waals surface area contributed by atoms with Gasteiger partial charge in [-0.1, -0.05) is 41.9 Å². The number of hydrogen-bond donors (Lipinski definition) is 0. The van der Waals surface area contributed by atoms with Crippen molar-refractivity contribution >= 4 is 17.6 Å². The van der Waals surface area contributed by atoms with E-state index in [1.165, 1.54) is 0 Å². The number of carbonyl (C=O) groups excluding carboxylic acids is 1. The molecule has 0 aliphatic rings. The van der Waals surface area contributed by atoms with Gasteiger partial charge in [0, 0.05) is 11.4 Å². The third-order valence-corrected chi connectivity index (χ3v) is 3.06. The fourth-order valence-electron chi connectivity index (χ4n) is 1.78. The number of aryl methyl sites for hydroxylation is 2. The van der Waals surface area contributed by atoms with E-state index in [4.69, 9.17) is 16.3 Å². The normalized spacial score (nSPS) is 10.2. The number of para-hydroxylation sites is 1. The van der Waals surface area contributed by atoms with E-state index in [9.17, 15) is 4.79 Å². The standard InChI is InChI=1S/C16H15ClO2/c1-12-5-2-3-8-15(12)19-16(18)10-9-13-6-4-7-14(17)11-13/h2-8,11H,9-10H2,1H3. The highest BCUT2D eigenvalue weighted by atomic mass is 35.5. The summed E-state index contributed by atoms with van der Waals surface area (Å²) in [7, 11) is 0. The first-order chi connectivity index (χ1) is 9.15. The molecule has 98 valence electrons. The van der Waals surface area contributed by atoms with Crippen LogP contribution >= 0.6 is 11.6 Å². The summed E-state index contributed by atoms with van der Waals surface area (Å²) < 4.78 is 5.33. The molecule has 0 unspecified atom stereocenters. The minimum Gasteiger partial charge on any atom is -0.426 e. The predicted molar refractivity (Wildman–Crippen MR) is 76.6 cm³/mol. The summed E-state index contributed by atoms with van der Waals surface area (Å²) in [5.74, 6) is 0.396. The van der Waals surface area contributed by atoms with Crippen LogP contribution in [0.5, 0.6) is 5.75 Å². The molecule has 0 heterocycles. The maximum atomic E-state index is 11.8. The van der Waals surface area contributed by atoms with Crippen LogP contribution in [-0.4, -0.2) is 5.97 Å². The Morgan fingerprint density at radius 1 is 1.16 bits per heavy atom. The molecule has 2 aromatic rings. The Morgan fingerprint density at radius 3 is 2.68 bits per heavy atom. The van der Waals surface area contributed by atoms with Crippen molar-refractivity contribution in [3.05, 3.63) is 64.7 Å². The molecule has 0 amide bonds. The molecule has 2 rings (SSSR count). The lowest BCUT2D eigenvalue weighted by Gasteiger charge is -2.07. The summed E-state index contributed by atoms with van der Waals surface area (Å²) in [6.45, 7) is 1.92. The number of ether oxygens (including phenoxy) is 1. The Morgan fingerprint density at radius 2 is 1.95 bits per heavy atom. The van der Waals surface area contributed by atoms with Gasteiger partial charge in [-0.25, -0.2) is 0 Å². The van der Waals surface area contributed by atoms with Crippen LogP contribution in [0.15, 0.2) is 48.5 Å². The molecule has 2 aromatic carbocycles. The maximum absolute atomic E-state index is 11.8. The first-order valence-corrected chi connectivity index (χ1v) is 6.54. The second-order valence-electron chi connectivity index (χ2n) is 4.37. The first-order valence-electron chi connectivity index (χ1n) is 6.16. The zero-order valence-corrected chi connectivity index (χ0v) is 11.5. The van der Waals surface area contributed by atoms with Crippen LogP contribution < -0.4 is 4.74 Å². The highest BCUT2D eigenvalue weighted by molar-refractivity contribution is 6.30. The highest BCUT2D eigenvalue weighted by Crippen LogP contribution is 2.17. The minimum atomic E-state index is -0.228. The van der Waals surface area contributed by atoms with Crippen LogP contribution in [0.4, 0.5) is 0 Å². The van der Waals surface area contributed by atoms with Gasteiger partial charge in [0.15, 0.2) is 0 Å². The Balaban J connectivity index is 1.90. The molecule has 0 N–H and O–H groups in total. The van der Waals surface area contributed by atoms with E-state index < -0.39 is 0 Å². The lowest BCUT2D eigenvalue weighted by atomic mass is 10.1. The Hall–Kier alpha value is -1.80. The second-order valence-corrected chi connectivity index (χ2v) is 4.81. The molecule has 0 aromatic heterocycles. The molecule has 19 heavy (non-hydrogen) atoms. The van der Waals surface area contributed by atoms with Crippen molar-refractivity contribution in [1.29, 1.82) is 0 Å². The van der Waals surface area contributed by atoms with Crippen LogP contribution in [-0.2, 0) is 11.2 Å². The van der Waals surface area contributed by atoms with Gasteiger partial charge in [0.2, 0.25) is 0 Å². The summed E-state index contributed by atoms with van der Waals surface area (Å²) in [6, 6.07) is 15.0. The van der Waals surface area contributed by atoms with Gasteiger partial charge in [0.1, 0.15) is 5.75 Å². The zero-order valence-electron chi connectivity index (χ0n) is 10.7. The van der Waals surface area contributed by atoms with Crippen LogP contribution in [0.25, 0.3) is 0 Å². The van der Waals surface area contributed by atoms with E-state index in [0.717, 1.165) is 11.1 Å². The summed E-state index contributed by atoms with van der Waals surface area (Å²) in [4.78, 5) is 11.8. The smallest absolute Gasteiger partial charge is 0.311 e. The van der Waals surface area contributed by atoms with Crippen molar-refractivity contribution in [3.63, 3.8) is 0 Å². The molecule has 3 heteroatoms. The van der Waals surface area contributed by atoms with Crippen molar-refractivity contribution in [1.82, 2.24) is 0 Å². The Bertz CT molecular complexity index is 578. The second kappa shape index (κ2) is 6.39. The average molecular weight is 275 g/mol. The van der Waals surface area contributed by atoms with Crippen LogP contribution in [0, 0.1) is 6.92 Å². The quantitative estimate of drug-likeness (QED) is 0.617. The highest BCUT2D eigenvalue weighted by Gasteiger charge is 2.07. The van der Waals surface area contributed by atoms with Gasteiger partial charge < -0.3 is 4.74 Å². The zero-order chi connectivity index (χ0) is 13.7. The van der Waals surface area contributed by atoms with E-state index in [-0.39, 0.29) is 5.97 Å². The summed E-state index contributed by atoms with van der Waals surface area (Å²) in [5.41, 5.74) is 1.99. The molecule has 0 atom stereocenters. The maximum Gasteiger partial charge on any atom is 0.311 e. The van der Waals surface area contributed by atoms with Gasteiger partial charge in [-0.05, 0) is 42.7 Å². The Labute approximate surface area is 118 Å². The number of halogens is 1. The van der Waals surface area contributed by atoms with Crippen LogP contribution in [0.2, 0.25) is 5.02 Å². The molecule has 0 bridgehead atoms. The van der Waals surface area contributed by atoms with Gasteiger partial charge in [-0.3, -0.25) is 4.79 Å². The molecule has 2 nitrogen and oxygen atoms in total. The number of rotatable bonds is 4. The molecule has 0 spiro atoms. The van der Waals surface area contributed by atoms with Gasteiger partial charge in [-0.2, -0.15) is 0 Å². The van der Waals surface area contributed by atoms with Gasteiger partial charge >= 0.3 is 5.97 Å². The summed E-state index contributed by atoms with van der Waals surface area (Å²) in [5, 5.41) is 0.685. The van der Waals surface area contributed by atoms with E-state index in [0.29, 0.717) is 23.6 Å². The van der Waals surface area contributed by atoms with E-state index in [1.54, 1.807) is 6.07 Å². The Kier molecular flexibility index (Phi) is 4.58. The number of esters is 1. The van der Waals surface area contributed by atoms with E-state index in [1.807, 2.05) is 49.4 Å². The third-order valence-electron chi connectivity index (χ3n) is 2.82. The number of carbonyl (C=O) groups is 1. The van der Waals surface area contributed by atoms with Crippen molar-refractivity contribution in [2.45, 2.75) is 19.8 Å². The molecule has 0 aliphatic heterocycles. The molecule has 0 radical (unpaired) electrons. The monoisotopic (exact) mass is 274 g/mol. The molecule has 0 saturated carbocycles. The van der Waals surface area contributed by atoms with Crippen LogP contribution in [0.3, 0.4) is 0 Å². The van der Waals surface area contributed by atoms with Gasteiger partial charge in [0.25, 0.3) is 0 Å². The van der Waals surface area contributed by atoms with E-state index >= 15 is 0 Å². The largest absolute Gasteiger partial charge is 0.426 e. The van der Waals surface area contributed by atoms with Gasteiger partial charge in [-0.15, -0.1) is 0 Å². The summed E-state index contributed by atoms with van der Waals surface area (Å²) >= 11 is 5.89. The molecular formula is C16H15ClO2. The molecule has 0 saturated heterocycles. The predicted octanol–water partition coefficient (Wildman–Crippen LogP) is 4.19. The molecular weight excluding hydrogens is 260 g/mol. The first kappa shape index (κ1) is 13.6. The van der Waals surface area contributed by atoms with Crippen molar-refractivity contribution in [2.24, 2.45) is 0 Å². The fraction of sp³-hybridized carbons (Fsp3) is 0.188. The lowest BCUT2D eigenvalue weighted by molar-refractivity contribution is -0.134. The van der Waals surface area contributed by atoms with Crippen LogP contribution in [0.1, 0.15) is 17.5 Å². The van der Waals surface area contributed by atoms with E-state index in [2.05, 4.69) is 0 Å². The lowest BCUT2D eigenvalue weighted by Crippen LogP contribution is -2.09. The SMILES string of the molecule is Cc1ccccc1OC(=O)CCc1cccc(Cl)c1. The topological polar surface area (TPSA) is 26.3 Å². The fourth-order valence-corrected chi connectivity index (χ4v) is 2.00. The van der Waals surface area contributed by atoms with Crippen molar-refractivity contribution < 1.29 is 9.53 Å². The number of benzene rings is 2. The summed E-state index contributed by atoms with van der Waals surface area (Å²) in [6.07, 6.45) is 0.972.